The summed E-state index contributed by atoms with van der Waals surface area (Å²) in [5.41, 5.74) is 3.74. The molecule has 0 saturated carbocycles. The van der Waals surface area contributed by atoms with Crippen LogP contribution in [0.5, 0.6) is 11.5 Å². The number of ether oxygens (including phenoxy) is 2. The van der Waals surface area contributed by atoms with E-state index in [1.165, 1.54) is 16.8 Å². The van der Waals surface area contributed by atoms with E-state index in [0.29, 0.717) is 16.7 Å². The molecule has 3 heterocycles. The second kappa shape index (κ2) is 8.66. The fourth-order valence-electron chi connectivity index (χ4n) is 3.78. The summed E-state index contributed by atoms with van der Waals surface area (Å²) in [5, 5.41) is 15.8. The Labute approximate surface area is 191 Å². The molecule has 32 heavy (non-hydrogen) atoms. The Morgan fingerprint density at radius 2 is 1.97 bits per heavy atom. The first kappa shape index (κ1) is 21.9. The number of fused-ring (bicyclic) bond motifs is 1. The summed E-state index contributed by atoms with van der Waals surface area (Å²) in [7, 11) is 3.25. The first-order valence-corrected chi connectivity index (χ1v) is 11.1. The molecule has 4 rings (SSSR count). The van der Waals surface area contributed by atoms with Gasteiger partial charge in [-0.1, -0.05) is 6.92 Å². The number of hydrogen-bond donors (Lipinski definition) is 1. The zero-order chi connectivity index (χ0) is 23.0. The Morgan fingerprint density at radius 3 is 2.66 bits per heavy atom. The standard InChI is InChI=1S/C23H25N5O3S/c1-6-7-20-26-28-21(24)17(22(29)25-23(28)32-20)11-15-10-13(2)27(14(15)3)18-12-16(30-4)8-9-19(18)31-5/h8-12,24H,6-7H2,1-5H3/b17-11+,24-21?. The Kier molecular flexibility index (Phi) is 5.92. The van der Waals surface area contributed by atoms with E-state index in [1.807, 2.05) is 42.7 Å². The average molecular weight is 452 g/mol. The lowest BCUT2D eigenvalue weighted by Crippen LogP contribution is -2.35. The third-order valence-electron chi connectivity index (χ3n) is 5.36. The maximum Gasteiger partial charge on any atom is 0.283 e. The molecule has 0 aliphatic carbocycles. The van der Waals surface area contributed by atoms with E-state index in [-0.39, 0.29) is 11.4 Å². The number of nitrogens with zero attached hydrogens (tertiary/aromatic N) is 4. The van der Waals surface area contributed by atoms with Crippen molar-refractivity contribution < 1.29 is 14.3 Å². The molecule has 9 heteroatoms. The summed E-state index contributed by atoms with van der Waals surface area (Å²) in [4.78, 5) is 16.9. The van der Waals surface area contributed by atoms with Gasteiger partial charge in [0.05, 0.1) is 25.5 Å². The van der Waals surface area contributed by atoms with E-state index in [4.69, 9.17) is 14.9 Å². The van der Waals surface area contributed by atoms with E-state index in [2.05, 4.69) is 17.0 Å². The van der Waals surface area contributed by atoms with Gasteiger partial charge in [-0.25, -0.2) is 0 Å². The molecule has 0 saturated heterocycles. The molecule has 1 amide bonds. The first-order chi connectivity index (χ1) is 15.4. The molecule has 0 spiro atoms. The molecule has 1 aromatic carbocycles. The van der Waals surface area contributed by atoms with Gasteiger partial charge in [0, 0.05) is 17.5 Å². The first-order valence-electron chi connectivity index (χ1n) is 10.3. The highest BCUT2D eigenvalue weighted by atomic mass is 32.2. The Balaban J connectivity index is 1.76. The minimum Gasteiger partial charge on any atom is -0.497 e. The Morgan fingerprint density at radius 1 is 1.19 bits per heavy atom. The summed E-state index contributed by atoms with van der Waals surface area (Å²) >= 11 is 1.36. The van der Waals surface area contributed by atoms with Crippen LogP contribution in [0.4, 0.5) is 0 Å². The number of rotatable bonds is 6. The fourth-order valence-corrected chi connectivity index (χ4v) is 4.76. The topological polar surface area (TPSA) is 92.3 Å². The summed E-state index contributed by atoms with van der Waals surface area (Å²) < 4.78 is 13.0. The van der Waals surface area contributed by atoms with Gasteiger partial charge in [0.2, 0.25) is 5.17 Å². The maximum atomic E-state index is 12.7. The van der Waals surface area contributed by atoms with Crippen LogP contribution in [0.1, 0.15) is 36.7 Å². The lowest BCUT2D eigenvalue weighted by atomic mass is 10.1. The molecule has 2 aromatic rings. The minimum atomic E-state index is -0.425. The normalized spacial score (nSPS) is 16.9. The molecule has 0 fully saturated rings. The number of aliphatic imine (C=N–C) groups is 1. The summed E-state index contributed by atoms with van der Waals surface area (Å²) in [6, 6.07) is 7.59. The number of hydrazone groups is 1. The number of thioether (sulfide) groups is 1. The van der Waals surface area contributed by atoms with Crippen molar-refractivity contribution in [3.63, 3.8) is 0 Å². The van der Waals surface area contributed by atoms with Crippen LogP contribution in [0.3, 0.4) is 0 Å². The lowest BCUT2D eigenvalue weighted by Gasteiger charge is -2.20. The van der Waals surface area contributed by atoms with Crippen LogP contribution >= 0.6 is 11.8 Å². The van der Waals surface area contributed by atoms with Crippen molar-refractivity contribution in [1.82, 2.24) is 9.58 Å². The monoisotopic (exact) mass is 451 g/mol. The van der Waals surface area contributed by atoms with Crippen molar-refractivity contribution in [3.05, 3.63) is 46.8 Å². The second-order valence-corrected chi connectivity index (χ2v) is 8.50. The second-order valence-electron chi connectivity index (χ2n) is 7.46. The number of aromatic nitrogens is 1. The van der Waals surface area contributed by atoms with Gasteiger partial charge in [0.25, 0.3) is 5.91 Å². The van der Waals surface area contributed by atoms with Crippen molar-refractivity contribution >= 4 is 39.8 Å². The SMILES string of the molecule is CCCC1=NN2C(=N)/C(=C\c3cc(C)n(-c4cc(OC)ccc4OC)c3C)C(=O)N=C2S1. The predicted molar refractivity (Wildman–Crippen MR) is 128 cm³/mol. The number of carbonyl (C=O) groups is 1. The van der Waals surface area contributed by atoms with Crippen molar-refractivity contribution in [1.29, 1.82) is 5.41 Å². The molecular formula is C23H25N5O3S. The summed E-state index contributed by atoms with van der Waals surface area (Å²) in [6.45, 7) is 6.01. The zero-order valence-electron chi connectivity index (χ0n) is 18.7. The van der Waals surface area contributed by atoms with Crippen LogP contribution in [0.2, 0.25) is 0 Å². The van der Waals surface area contributed by atoms with E-state index < -0.39 is 5.91 Å². The van der Waals surface area contributed by atoms with Gasteiger partial charge in [-0.2, -0.15) is 15.1 Å². The van der Waals surface area contributed by atoms with Crippen molar-refractivity contribution in [2.75, 3.05) is 14.2 Å². The molecular weight excluding hydrogens is 426 g/mol. The quantitative estimate of drug-likeness (QED) is 0.652. The van der Waals surface area contributed by atoms with Crippen LogP contribution in [0.15, 0.2) is 39.9 Å². The number of nitrogens with one attached hydrogen (secondary N) is 1. The molecule has 0 bridgehead atoms. The van der Waals surface area contributed by atoms with Gasteiger partial charge in [-0.15, -0.1) is 0 Å². The van der Waals surface area contributed by atoms with Crippen LogP contribution in [-0.4, -0.2) is 45.7 Å². The molecule has 2 aliphatic rings. The van der Waals surface area contributed by atoms with Crippen LogP contribution < -0.4 is 9.47 Å². The van der Waals surface area contributed by atoms with E-state index >= 15 is 0 Å². The van der Waals surface area contributed by atoms with Gasteiger partial charge in [-0.3, -0.25) is 10.2 Å². The Bertz CT molecular complexity index is 1210. The van der Waals surface area contributed by atoms with Crippen molar-refractivity contribution in [2.24, 2.45) is 10.1 Å². The molecule has 2 aliphatic heterocycles. The highest BCUT2D eigenvalue weighted by Crippen LogP contribution is 2.33. The van der Waals surface area contributed by atoms with Gasteiger partial charge in [0.15, 0.2) is 5.84 Å². The molecule has 0 atom stereocenters. The van der Waals surface area contributed by atoms with Crippen molar-refractivity contribution in [2.45, 2.75) is 33.6 Å². The number of amides is 1. The van der Waals surface area contributed by atoms with Crippen LogP contribution in [0, 0.1) is 19.3 Å². The number of methoxy groups -OCH3 is 2. The predicted octanol–water partition coefficient (Wildman–Crippen LogP) is 4.53. The van der Waals surface area contributed by atoms with Gasteiger partial charge >= 0.3 is 0 Å². The fraction of sp³-hybridized carbons (Fsp3) is 0.304. The maximum absolute atomic E-state index is 12.7. The Hall–Kier alpha value is -3.33. The third kappa shape index (κ3) is 3.73. The number of aryl methyl sites for hydroxylation is 1. The number of carbonyl (C=O) groups excluding carboxylic acids is 1. The van der Waals surface area contributed by atoms with E-state index in [1.54, 1.807) is 20.3 Å². The van der Waals surface area contributed by atoms with Gasteiger partial charge in [-0.05, 0) is 68.3 Å². The summed E-state index contributed by atoms with van der Waals surface area (Å²) in [5.74, 6) is 1.04. The minimum absolute atomic E-state index is 0.0439. The molecule has 8 nitrogen and oxygen atoms in total. The zero-order valence-corrected chi connectivity index (χ0v) is 19.5. The smallest absolute Gasteiger partial charge is 0.283 e. The molecule has 0 radical (unpaired) electrons. The third-order valence-corrected chi connectivity index (χ3v) is 6.33. The molecule has 1 aromatic heterocycles. The summed E-state index contributed by atoms with van der Waals surface area (Å²) in [6.07, 6.45) is 3.45. The van der Waals surface area contributed by atoms with E-state index in [9.17, 15) is 4.79 Å². The highest BCUT2D eigenvalue weighted by molar-refractivity contribution is 8.26. The van der Waals surface area contributed by atoms with Gasteiger partial charge < -0.3 is 14.0 Å². The van der Waals surface area contributed by atoms with E-state index in [0.717, 1.165) is 40.5 Å². The van der Waals surface area contributed by atoms with Crippen molar-refractivity contribution in [3.8, 4) is 17.2 Å². The molecule has 1 N–H and O–H groups in total. The number of amidine groups is 2. The molecule has 166 valence electrons. The molecule has 0 unspecified atom stereocenters. The average Bonchev–Trinajstić information content (AvgIpc) is 3.30. The highest BCUT2D eigenvalue weighted by Gasteiger charge is 2.35. The van der Waals surface area contributed by atoms with Gasteiger partial charge in [0.1, 0.15) is 16.5 Å². The van der Waals surface area contributed by atoms with Crippen LogP contribution in [0.25, 0.3) is 11.8 Å². The lowest BCUT2D eigenvalue weighted by molar-refractivity contribution is -0.114. The van der Waals surface area contributed by atoms with Crippen LogP contribution in [-0.2, 0) is 4.79 Å². The largest absolute Gasteiger partial charge is 0.497 e. The number of hydrogen-bond acceptors (Lipinski definition) is 6. The number of benzene rings is 1.